The Morgan fingerprint density at radius 2 is 1.12 bits per heavy atom. The van der Waals surface area contributed by atoms with E-state index in [4.69, 9.17) is 149 Å². The van der Waals surface area contributed by atoms with Crippen molar-refractivity contribution in [1.29, 1.82) is 0 Å². The number of nitrogens with zero attached hydrogens (tertiary/aromatic N) is 3. The summed E-state index contributed by atoms with van der Waals surface area (Å²) in [4.78, 5) is 6.30. The lowest BCUT2D eigenvalue weighted by Gasteiger charge is -2.52. The Morgan fingerprint density at radius 1 is 0.597 bits per heavy atom. The second-order valence-corrected chi connectivity index (χ2v) is 20.6. The third-order valence-corrected chi connectivity index (χ3v) is 15.6. The number of aromatic amines is 1. The monoisotopic (exact) mass is 945 g/mol. The molecule has 316 valence electrons. The molecule has 6 aromatic rings. The number of aromatic nitrogens is 3. The molecule has 2 aliphatic rings. The number of hydrogen-bond donors (Lipinski definition) is 1. The molecule has 2 atom stereocenters. The van der Waals surface area contributed by atoms with E-state index in [-0.39, 0.29) is 17.9 Å². The van der Waals surface area contributed by atoms with Gasteiger partial charge in [-0.15, -0.1) is 0 Å². The molecular formula is C36H31B34FN4O2. The fraction of sp³-hybridized carbons (Fsp3) is 0.194. The largest absolute Gasteiger partial charge is 0.493 e. The fourth-order valence-corrected chi connectivity index (χ4v) is 12.3. The predicted octanol–water partition coefficient (Wildman–Crippen LogP) is -5.62. The van der Waals surface area contributed by atoms with Crippen molar-refractivity contribution >= 4 is 252 Å². The van der Waals surface area contributed by atoms with Gasteiger partial charge in [0.2, 0.25) is 0 Å². The quantitative estimate of drug-likeness (QED) is 0.0734. The zero-order valence-corrected chi connectivity index (χ0v) is 43.5. The van der Waals surface area contributed by atoms with Gasteiger partial charge in [-0.25, -0.2) is 9.07 Å². The van der Waals surface area contributed by atoms with Crippen molar-refractivity contribution in [2.24, 2.45) is 0 Å². The number of rotatable bonds is 21. The van der Waals surface area contributed by atoms with Crippen LogP contribution >= 0.6 is 0 Å². The number of methoxy groups -OCH3 is 1. The second-order valence-electron chi connectivity index (χ2n) is 20.6. The number of benzene rings is 4. The molecule has 0 amide bonds. The smallest absolute Gasteiger partial charge is 0.162 e. The highest BCUT2D eigenvalue weighted by atomic mass is 19.1. The van der Waals surface area contributed by atoms with E-state index in [9.17, 15) is 4.39 Å². The van der Waals surface area contributed by atoms with E-state index in [0.717, 1.165) is 53.2 Å². The molecule has 0 saturated carbocycles. The van der Waals surface area contributed by atoms with Crippen LogP contribution in [-0.2, 0) is 19.4 Å². The van der Waals surface area contributed by atoms with E-state index >= 15 is 0 Å². The molecule has 77 heavy (non-hydrogen) atoms. The summed E-state index contributed by atoms with van der Waals surface area (Å²) in [5.74, 6) is 1.27. The minimum Gasteiger partial charge on any atom is -0.493 e. The SMILES string of the molecule is COc1cc2c(cc1OCc1ccc(-n3cccn3)cc1)C1Cc3c([nH]c4ccccc34)C(c3ccc(F)cc3)N1CC2.[B]B([B])B(B([B])[B])B(B([B])[B])B(B(B([B])[B])B([B])[B])B(B(B([B])[B])B([B])[B])B(B([B])[B])B([B])[B]. The lowest BCUT2D eigenvalue weighted by Crippen LogP contribution is -2.90. The molecule has 6 nitrogen and oxygen atoms in total. The number of hydrogen-bond acceptors (Lipinski definition) is 4. The van der Waals surface area contributed by atoms with Crippen LogP contribution in [0, 0.1) is 5.82 Å². The van der Waals surface area contributed by atoms with Crippen molar-refractivity contribution in [2.45, 2.75) is 31.5 Å². The molecule has 36 radical (unpaired) electrons. The van der Waals surface area contributed by atoms with Crippen molar-refractivity contribution in [3.63, 3.8) is 0 Å². The molecule has 0 aliphatic carbocycles. The number of nitrogens with one attached hydrogen (secondary N) is 1. The van der Waals surface area contributed by atoms with Gasteiger partial charge in [0, 0.05) is 283 Å². The van der Waals surface area contributed by atoms with E-state index in [1.807, 2.05) is 41.2 Å². The molecule has 4 heterocycles. The Balaban J connectivity index is 0.000000232. The van der Waals surface area contributed by atoms with Crippen LogP contribution in [0.25, 0.3) is 16.6 Å². The highest BCUT2D eigenvalue weighted by molar-refractivity contribution is 8.29. The molecule has 0 saturated heterocycles. The van der Waals surface area contributed by atoms with Crippen molar-refractivity contribution < 1.29 is 13.9 Å². The van der Waals surface area contributed by atoms with Gasteiger partial charge in [0.15, 0.2) is 11.5 Å². The Hall–Kier alpha value is -2.67. The minimum atomic E-state index is -1.16. The Kier molecular flexibility index (Phi) is 22.0. The first-order chi connectivity index (χ1) is 36.5. The molecule has 2 aliphatic heterocycles. The van der Waals surface area contributed by atoms with Crippen LogP contribution < -0.4 is 9.47 Å². The zero-order chi connectivity index (χ0) is 56.2. The number of H-pyrrole nitrogens is 1. The average Bonchev–Trinajstić information content (AvgIpc) is 4.09. The van der Waals surface area contributed by atoms with Crippen molar-refractivity contribution in [2.75, 3.05) is 13.7 Å². The number of para-hydroxylation sites is 1. The summed E-state index contributed by atoms with van der Waals surface area (Å²) in [5, 5.41) is 5.56. The lowest BCUT2D eigenvalue weighted by atomic mass is 8.29. The summed E-state index contributed by atoms with van der Waals surface area (Å²) < 4.78 is 28.1. The maximum atomic E-state index is 14.0. The minimum absolute atomic E-state index is 0.00493. The summed E-state index contributed by atoms with van der Waals surface area (Å²) in [6.07, 6.45) is -11.2. The Morgan fingerprint density at radius 3 is 1.62 bits per heavy atom. The summed E-state index contributed by atoms with van der Waals surface area (Å²) in [5.41, 5.74) is 9.38. The first kappa shape index (κ1) is 61.9. The summed E-state index contributed by atoms with van der Waals surface area (Å²) in [6, 6.07) is 30.1. The van der Waals surface area contributed by atoms with Crippen LogP contribution in [-0.4, -0.2) is 275 Å². The Bertz CT molecular complexity index is 2760. The number of fused-ring (bicyclic) bond motifs is 6. The first-order valence-electron chi connectivity index (χ1n) is 25.7. The fourth-order valence-electron chi connectivity index (χ4n) is 12.3. The van der Waals surface area contributed by atoms with Crippen molar-refractivity contribution in [3.8, 4) is 17.2 Å². The van der Waals surface area contributed by atoms with Crippen LogP contribution in [0.5, 0.6) is 11.5 Å². The van der Waals surface area contributed by atoms with Crippen LogP contribution in [0.3, 0.4) is 0 Å². The van der Waals surface area contributed by atoms with Crippen LogP contribution in [0.1, 0.15) is 45.6 Å². The van der Waals surface area contributed by atoms with Gasteiger partial charge in [-0.1, -0.05) is 42.5 Å². The third-order valence-electron chi connectivity index (χ3n) is 15.6. The van der Waals surface area contributed by atoms with E-state index in [1.54, 1.807) is 25.4 Å². The predicted molar refractivity (Wildman–Crippen MR) is 360 cm³/mol. The van der Waals surface area contributed by atoms with Crippen molar-refractivity contribution in [1.82, 2.24) is 19.7 Å². The van der Waals surface area contributed by atoms with Gasteiger partial charge in [0.1, 0.15) is 12.4 Å². The van der Waals surface area contributed by atoms with E-state index in [2.05, 4.69) is 63.5 Å². The third kappa shape index (κ3) is 14.0. The zero-order valence-electron chi connectivity index (χ0n) is 43.5. The first-order valence-corrected chi connectivity index (χ1v) is 25.7. The maximum Gasteiger partial charge on any atom is 0.162 e. The van der Waals surface area contributed by atoms with Gasteiger partial charge in [0.05, 0.1) is 18.8 Å². The highest BCUT2D eigenvalue weighted by Crippen LogP contribution is 2.50. The molecule has 0 spiro atoms. The normalized spacial score (nSPS) is 14.1. The van der Waals surface area contributed by atoms with Gasteiger partial charge in [-0.05, 0) is 89.2 Å². The van der Waals surface area contributed by atoms with Gasteiger partial charge < -0.3 is 14.5 Å². The van der Waals surface area contributed by atoms with Gasteiger partial charge in [0.25, 0.3) is 0 Å². The molecule has 41 heteroatoms. The Labute approximate surface area is 487 Å². The summed E-state index contributed by atoms with van der Waals surface area (Å²) >= 11 is 0. The number of ether oxygens (including phenoxy) is 2. The van der Waals surface area contributed by atoms with Gasteiger partial charge >= 0.3 is 0 Å². The van der Waals surface area contributed by atoms with Crippen LogP contribution in [0.4, 0.5) is 4.39 Å². The summed E-state index contributed by atoms with van der Waals surface area (Å²) in [7, 11) is 112. The highest BCUT2D eigenvalue weighted by Gasteiger charge is 2.54. The molecule has 4 aromatic carbocycles. The molecule has 1 N–H and O–H groups in total. The molecule has 2 aromatic heterocycles. The second kappa shape index (κ2) is 27.4. The van der Waals surface area contributed by atoms with Crippen molar-refractivity contribution in [3.05, 3.63) is 143 Å². The molecule has 8 rings (SSSR count). The van der Waals surface area contributed by atoms with Gasteiger partial charge in [-0.3, -0.25) is 4.90 Å². The van der Waals surface area contributed by atoms with Gasteiger partial charge in [-0.2, -0.15) is 5.10 Å². The molecule has 0 bridgehead atoms. The van der Waals surface area contributed by atoms with Crippen LogP contribution in [0.15, 0.2) is 103 Å². The molecular weight excluding hydrogens is 907 g/mol. The lowest BCUT2D eigenvalue weighted by molar-refractivity contribution is 0.127. The molecule has 2 unspecified atom stereocenters. The maximum absolute atomic E-state index is 14.0. The van der Waals surface area contributed by atoms with Crippen LogP contribution in [0.2, 0.25) is 0 Å². The number of halogens is 1. The molecule has 0 fully saturated rings. The van der Waals surface area contributed by atoms with E-state index in [1.165, 1.54) is 27.8 Å². The summed E-state index contributed by atoms with van der Waals surface area (Å²) in [6.45, 7) is 1.31. The van der Waals surface area contributed by atoms with E-state index in [0.29, 0.717) is 6.61 Å². The standard InChI is InChI=1S/C36H31FN4O2.B34/c1-42-33-19-25-15-18-40-32(29(25)21-34(33)43-22-23-7-13-27(14-8-23)41-17-4-16-38-41)20-30-28-5-2-3-6-31(28)39-35(30)36(40)24-9-11-26(37)12-10-24;1-19(2)28(20(3)4)32(27(17)18)34(31(25(13)14)26(15)16)33(29(21(5)6)22(7)8)30(23(9)10)24(11)12/h2-14,16-17,19,21,32,36,39H,15,18,20,22H2,1H3;. The topological polar surface area (TPSA) is 55.3 Å². The van der Waals surface area contributed by atoms with E-state index < -0.39 is 102 Å². The average molecular weight is 938 g/mol.